The highest BCUT2D eigenvalue weighted by Crippen LogP contribution is 2.15. The molecule has 37 heavy (non-hydrogen) atoms. The van der Waals surface area contributed by atoms with Gasteiger partial charge in [0.15, 0.2) is 0 Å². The van der Waals surface area contributed by atoms with Crippen molar-refractivity contribution in [2.45, 2.75) is 117 Å². The fraction of sp³-hybridized carbons (Fsp3) is 0.588. The monoisotopic (exact) mass is 520 g/mol. The summed E-state index contributed by atoms with van der Waals surface area (Å²) in [6, 6.07) is 21.5. The lowest BCUT2D eigenvalue weighted by Gasteiger charge is -2.31. The Morgan fingerprint density at radius 3 is 1.41 bits per heavy atom. The Hall–Kier alpha value is -1.86. The summed E-state index contributed by atoms with van der Waals surface area (Å²) in [5, 5.41) is 2.43. The molecule has 0 heterocycles. The van der Waals surface area contributed by atoms with Crippen LogP contribution in [0.2, 0.25) is 0 Å². The zero-order chi connectivity index (χ0) is 26.3. The molecule has 0 bridgehead atoms. The summed E-state index contributed by atoms with van der Waals surface area (Å²) in [6.07, 6.45) is 19.9. The Kier molecular flexibility index (Phi) is 17.9. The van der Waals surface area contributed by atoms with Gasteiger partial charge in [-0.25, -0.2) is 0 Å². The lowest BCUT2D eigenvalue weighted by Crippen LogP contribution is -2.63. The highest BCUT2D eigenvalue weighted by Gasteiger charge is 2.42. The molecular weight excluding hydrogens is 468 g/mol. The summed E-state index contributed by atoms with van der Waals surface area (Å²) in [4.78, 5) is 0. The van der Waals surface area contributed by atoms with Gasteiger partial charge in [0.25, 0.3) is 0 Å². The molecule has 0 aromatic heterocycles. The van der Waals surface area contributed by atoms with Crippen molar-refractivity contribution < 1.29 is 8.85 Å². The molecule has 2 rings (SSSR count). The molecule has 2 aromatic rings. The Morgan fingerprint density at radius 2 is 0.946 bits per heavy atom. The minimum Gasteiger partial charge on any atom is -0.388 e. The van der Waals surface area contributed by atoms with E-state index in [2.05, 4.69) is 86.4 Å². The molecule has 3 heteroatoms. The van der Waals surface area contributed by atoms with Crippen LogP contribution in [0.3, 0.4) is 0 Å². The molecule has 2 aromatic carbocycles. The Bertz CT molecular complexity index is 801. The number of unbranched alkanes of at least 4 members (excludes halogenated alkanes) is 13. The van der Waals surface area contributed by atoms with Crippen LogP contribution in [0, 0.1) is 11.8 Å². The van der Waals surface area contributed by atoms with Crippen LogP contribution in [0.25, 0.3) is 0 Å². The summed E-state index contributed by atoms with van der Waals surface area (Å²) in [7, 11) is -2.74. The average molecular weight is 521 g/mol. The van der Waals surface area contributed by atoms with Gasteiger partial charge in [0.1, 0.15) is 0 Å². The third-order valence-corrected chi connectivity index (χ3v) is 10.3. The van der Waals surface area contributed by atoms with Gasteiger partial charge in [0.2, 0.25) is 0 Å². The van der Waals surface area contributed by atoms with Gasteiger partial charge >= 0.3 is 8.56 Å². The second kappa shape index (κ2) is 21.1. The molecule has 2 nitrogen and oxygen atoms in total. The Morgan fingerprint density at radius 1 is 0.514 bits per heavy atom. The van der Waals surface area contributed by atoms with Crippen LogP contribution >= 0.6 is 0 Å². The van der Waals surface area contributed by atoms with Crippen molar-refractivity contribution >= 4 is 18.9 Å². The number of rotatable bonds is 21. The summed E-state index contributed by atoms with van der Waals surface area (Å²) < 4.78 is 13.7. The first-order chi connectivity index (χ1) is 18.3. The smallest absolute Gasteiger partial charge is 0.388 e. The van der Waals surface area contributed by atoms with Gasteiger partial charge in [-0.15, -0.1) is 11.8 Å². The molecule has 0 amide bonds. The van der Waals surface area contributed by atoms with Crippen molar-refractivity contribution in [2.24, 2.45) is 0 Å². The molecule has 0 unspecified atom stereocenters. The number of hydrogen-bond donors (Lipinski definition) is 0. The van der Waals surface area contributed by atoms with E-state index in [1.807, 2.05) is 0 Å². The van der Waals surface area contributed by atoms with E-state index in [9.17, 15) is 0 Å². The first-order valence-corrected chi connectivity index (χ1v) is 17.0. The maximum atomic E-state index is 6.84. The molecule has 0 spiro atoms. The van der Waals surface area contributed by atoms with Gasteiger partial charge in [0.05, 0.1) is 0 Å². The van der Waals surface area contributed by atoms with Crippen LogP contribution in [0.15, 0.2) is 60.7 Å². The van der Waals surface area contributed by atoms with Crippen LogP contribution in [0.1, 0.15) is 117 Å². The van der Waals surface area contributed by atoms with E-state index in [0.29, 0.717) is 0 Å². The zero-order valence-corrected chi connectivity index (χ0v) is 24.8. The fourth-order valence-corrected chi connectivity index (χ4v) is 7.97. The summed E-state index contributed by atoms with van der Waals surface area (Å²) in [5.74, 6) is 6.42. The summed E-state index contributed by atoms with van der Waals surface area (Å²) in [6.45, 7) is 5.92. The van der Waals surface area contributed by atoms with E-state index in [0.717, 1.165) is 38.9 Å². The van der Waals surface area contributed by atoms with E-state index < -0.39 is 8.56 Å². The minimum atomic E-state index is -2.74. The summed E-state index contributed by atoms with van der Waals surface area (Å²) >= 11 is 0. The van der Waals surface area contributed by atoms with Crippen molar-refractivity contribution in [1.82, 2.24) is 0 Å². The summed E-state index contributed by atoms with van der Waals surface area (Å²) in [5.41, 5.74) is 0. The predicted octanol–water partition coefficient (Wildman–Crippen LogP) is 8.56. The van der Waals surface area contributed by atoms with Crippen molar-refractivity contribution in [3.05, 3.63) is 60.7 Å². The lowest BCUT2D eigenvalue weighted by atomic mass is 10.1. The fourth-order valence-electron chi connectivity index (χ4n) is 4.76. The topological polar surface area (TPSA) is 18.5 Å². The second-order valence-electron chi connectivity index (χ2n) is 10.1. The van der Waals surface area contributed by atoms with Crippen molar-refractivity contribution in [2.75, 3.05) is 13.2 Å². The Labute approximate surface area is 229 Å². The number of benzene rings is 2. The molecule has 0 aliphatic rings. The minimum absolute atomic E-state index is 0.759. The first-order valence-electron chi connectivity index (χ1n) is 15.2. The van der Waals surface area contributed by atoms with Gasteiger partial charge in [-0.3, -0.25) is 0 Å². The van der Waals surface area contributed by atoms with Crippen LogP contribution < -0.4 is 10.4 Å². The normalized spacial score (nSPS) is 11.3. The zero-order valence-electron chi connectivity index (χ0n) is 23.8. The first kappa shape index (κ1) is 31.4. The molecule has 0 atom stereocenters. The van der Waals surface area contributed by atoms with Crippen molar-refractivity contribution in [1.29, 1.82) is 0 Å². The molecule has 0 N–H and O–H groups in total. The standard InChI is InChI=1S/C34H52O2Si/c1-3-5-7-9-11-13-14-16-18-26-32-36-37(33-27-21-19-22-28-33,34-29-23-20-24-30-34)35-31-25-17-15-12-10-8-6-4-2/h19-24,27-30H,3-4,6,8-18,25-26,31-32H2,1-2H3. The van der Waals surface area contributed by atoms with Gasteiger partial charge in [0, 0.05) is 26.1 Å². The molecular formula is C34H52O2Si. The van der Waals surface area contributed by atoms with Crippen LogP contribution in [0.4, 0.5) is 0 Å². The van der Waals surface area contributed by atoms with Crippen molar-refractivity contribution in [3.63, 3.8) is 0 Å². The maximum Gasteiger partial charge on any atom is 0.407 e. The van der Waals surface area contributed by atoms with E-state index >= 15 is 0 Å². The highest BCUT2D eigenvalue weighted by molar-refractivity contribution is 6.92. The van der Waals surface area contributed by atoms with Crippen molar-refractivity contribution in [3.8, 4) is 11.8 Å². The Balaban J connectivity index is 1.89. The quantitative estimate of drug-likeness (QED) is 0.0932. The largest absolute Gasteiger partial charge is 0.407 e. The predicted molar refractivity (Wildman–Crippen MR) is 163 cm³/mol. The van der Waals surface area contributed by atoms with Crippen LogP contribution in [-0.4, -0.2) is 21.8 Å². The maximum absolute atomic E-state index is 6.84. The molecule has 204 valence electrons. The third kappa shape index (κ3) is 13.0. The van der Waals surface area contributed by atoms with E-state index in [-0.39, 0.29) is 0 Å². The molecule has 0 radical (unpaired) electrons. The lowest BCUT2D eigenvalue weighted by molar-refractivity contribution is 0.184. The number of hydrogen-bond acceptors (Lipinski definition) is 2. The second-order valence-corrected chi connectivity index (χ2v) is 13.1. The van der Waals surface area contributed by atoms with Crippen LogP contribution in [0.5, 0.6) is 0 Å². The van der Waals surface area contributed by atoms with E-state index in [1.54, 1.807) is 0 Å². The molecule has 0 fully saturated rings. The average Bonchev–Trinajstić information content (AvgIpc) is 2.95. The molecule has 0 saturated carbocycles. The van der Waals surface area contributed by atoms with Gasteiger partial charge in [-0.2, -0.15) is 0 Å². The van der Waals surface area contributed by atoms with Gasteiger partial charge in [-0.05, 0) is 29.6 Å². The SMILES string of the molecule is CCC#CCCCCCCCCO[Si](OCCCCCCCCCC)(c1ccccc1)c1ccccc1. The van der Waals surface area contributed by atoms with Gasteiger partial charge < -0.3 is 8.85 Å². The third-order valence-electron chi connectivity index (χ3n) is 6.91. The van der Waals surface area contributed by atoms with E-state index in [4.69, 9.17) is 8.85 Å². The highest BCUT2D eigenvalue weighted by atomic mass is 28.4. The van der Waals surface area contributed by atoms with Crippen LogP contribution in [-0.2, 0) is 8.85 Å². The van der Waals surface area contributed by atoms with Gasteiger partial charge in [-0.1, -0.05) is 145 Å². The molecule has 0 saturated heterocycles. The molecule has 0 aliphatic heterocycles. The molecule has 0 aliphatic carbocycles. The van der Waals surface area contributed by atoms with E-state index in [1.165, 1.54) is 87.4 Å².